The van der Waals surface area contributed by atoms with Gasteiger partial charge in [0.2, 0.25) is 5.12 Å². The van der Waals surface area contributed by atoms with Crippen molar-refractivity contribution in [2.24, 2.45) is 5.73 Å². The highest BCUT2D eigenvalue weighted by Crippen LogP contribution is 2.23. The van der Waals surface area contributed by atoms with E-state index in [0.29, 0.717) is 11.4 Å². The predicted molar refractivity (Wildman–Crippen MR) is 66.7 cm³/mol. The number of thioether (sulfide) groups is 1. The Balaban J connectivity index is 2.09. The maximum Gasteiger partial charge on any atom is 0.237 e. The fourth-order valence-corrected chi connectivity index (χ4v) is 2.42. The minimum absolute atomic E-state index is 0.0252. The molecule has 1 heterocycles. The molecule has 1 aliphatic rings. The fourth-order valence-electron chi connectivity index (χ4n) is 1.62. The first kappa shape index (κ1) is 11.1. The fraction of sp³-hybridized carbons (Fsp3) is 0.250. The van der Waals surface area contributed by atoms with Crippen molar-refractivity contribution < 1.29 is 4.79 Å². The van der Waals surface area contributed by atoms with Gasteiger partial charge in [0.25, 0.3) is 0 Å². The molecule has 0 fully saturated rings. The zero-order chi connectivity index (χ0) is 11.5. The molecule has 0 saturated heterocycles. The van der Waals surface area contributed by atoms with Crippen LogP contribution in [0.3, 0.4) is 0 Å². The summed E-state index contributed by atoms with van der Waals surface area (Å²) in [4.78, 5) is 11.2. The second-order valence-corrected chi connectivity index (χ2v) is 4.69. The van der Waals surface area contributed by atoms with E-state index in [1.54, 1.807) is 0 Å². The van der Waals surface area contributed by atoms with Crippen LogP contribution in [0.1, 0.15) is 18.5 Å². The van der Waals surface area contributed by atoms with Crippen molar-refractivity contribution in [3.05, 3.63) is 47.3 Å². The summed E-state index contributed by atoms with van der Waals surface area (Å²) in [6.45, 7) is 2.06. The minimum Gasteiger partial charge on any atom is -0.394 e. The molecule has 4 heteroatoms. The van der Waals surface area contributed by atoms with E-state index >= 15 is 0 Å². The standard InChI is InChI=1S/C12H14N2OS/c1-8(9-5-3-2-4-6-9)14-10-7-16-12(15)11(10)13/h2-6,8,14H,7,13H2,1H3/t8-/m1/s1. The van der Waals surface area contributed by atoms with E-state index in [0.717, 1.165) is 5.70 Å². The monoisotopic (exact) mass is 234 g/mol. The molecular formula is C12H14N2OS. The van der Waals surface area contributed by atoms with Crippen molar-refractivity contribution in [2.45, 2.75) is 13.0 Å². The first-order chi connectivity index (χ1) is 7.68. The lowest BCUT2D eigenvalue weighted by atomic mass is 10.1. The Morgan fingerprint density at radius 1 is 1.38 bits per heavy atom. The number of hydrogen-bond acceptors (Lipinski definition) is 4. The van der Waals surface area contributed by atoms with Crippen molar-refractivity contribution >= 4 is 16.9 Å². The third kappa shape index (κ3) is 2.22. The normalized spacial score (nSPS) is 17.7. The summed E-state index contributed by atoms with van der Waals surface area (Å²) < 4.78 is 0. The number of nitrogens with one attached hydrogen (secondary N) is 1. The van der Waals surface area contributed by atoms with Gasteiger partial charge in [0.1, 0.15) is 5.70 Å². The second kappa shape index (κ2) is 4.61. The topological polar surface area (TPSA) is 55.1 Å². The van der Waals surface area contributed by atoms with Crippen LogP contribution in [0, 0.1) is 0 Å². The van der Waals surface area contributed by atoms with E-state index in [1.165, 1.54) is 17.3 Å². The molecule has 1 aromatic carbocycles. The molecule has 0 radical (unpaired) electrons. The largest absolute Gasteiger partial charge is 0.394 e. The zero-order valence-corrected chi connectivity index (χ0v) is 9.88. The van der Waals surface area contributed by atoms with Gasteiger partial charge in [-0.15, -0.1) is 0 Å². The van der Waals surface area contributed by atoms with Gasteiger partial charge >= 0.3 is 0 Å². The zero-order valence-electron chi connectivity index (χ0n) is 9.07. The maximum atomic E-state index is 11.2. The Kier molecular flexibility index (Phi) is 3.19. The van der Waals surface area contributed by atoms with Crippen LogP contribution in [0.15, 0.2) is 41.7 Å². The highest BCUT2D eigenvalue weighted by atomic mass is 32.2. The van der Waals surface area contributed by atoms with E-state index in [1.807, 2.05) is 18.2 Å². The number of hydrogen-bond donors (Lipinski definition) is 2. The van der Waals surface area contributed by atoms with Crippen LogP contribution in [0.5, 0.6) is 0 Å². The smallest absolute Gasteiger partial charge is 0.237 e. The van der Waals surface area contributed by atoms with Gasteiger partial charge in [-0.2, -0.15) is 0 Å². The molecule has 0 aliphatic carbocycles. The Morgan fingerprint density at radius 3 is 2.62 bits per heavy atom. The second-order valence-electron chi connectivity index (χ2n) is 3.75. The van der Waals surface area contributed by atoms with Crippen molar-refractivity contribution in [1.29, 1.82) is 0 Å². The van der Waals surface area contributed by atoms with Gasteiger partial charge in [0.05, 0.1) is 0 Å². The number of nitrogens with two attached hydrogens (primary N) is 1. The molecule has 3 nitrogen and oxygen atoms in total. The first-order valence-electron chi connectivity index (χ1n) is 5.15. The average molecular weight is 234 g/mol. The lowest BCUT2D eigenvalue weighted by Gasteiger charge is -2.16. The van der Waals surface area contributed by atoms with Crippen LogP contribution in [-0.2, 0) is 4.79 Å². The third-order valence-corrected chi connectivity index (χ3v) is 3.50. The van der Waals surface area contributed by atoms with Crippen molar-refractivity contribution in [3.63, 3.8) is 0 Å². The van der Waals surface area contributed by atoms with Crippen LogP contribution in [0.2, 0.25) is 0 Å². The van der Waals surface area contributed by atoms with Gasteiger partial charge < -0.3 is 11.1 Å². The van der Waals surface area contributed by atoms with Crippen LogP contribution < -0.4 is 11.1 Å². The molecular weight excluding hydrogens is 220 g/mol. The molecule has 84 valence electrons. The first-order valence-corrected chi connectivity index (χ1v) is 6.14. The van der Waals surface area contributed by atoms with E-state index in [4.69, 9.17) is 5.73 Å². The molecule has 0 saturated carbocycles. The predicted octanol–water partition coefficient (Wildman–Crippen LogP) is 1.78. The highest BCUT2D eigenvalue weighted by Gasteiger charge is 2.22. The molecule has 3 N–H and O–H groups in total. The number of carbonyl (C=O) groups excluding carboxylic acids is 1. The van der Waals surface area contributed by atoms with Gasteiger partial charge in [-0.05, 0) is 12.5 Å². The van der Waals surface area contributed by atoms with Gasteiger partial charge in [0.15, 0.2) is 0 Å². The lowest BCUT2D eigenvalue weighted by molar-refractivity contribution is -0.107. The van der Waals surface area contributed by atoms with E-state index < -0.39 is 0 Å². The molecule has 0 bridgehead atoms. The lowest BCUT2D eigenvalue weighted by Crippen LogP contribution is -2.21. The van der Waals surface area contributed by atoms with E-state index in [9.17, 15) is 4.79 Å². The molecule has 0 unspecified atom stereocenters. The molecule has 0 aromatic heterocycles. The SMILES string of the molecule is C[C@@H](NC1=C(N)C(=O)SC1)c1ccccc1. The summed E-state index contributed by atoms with van der Waals surface area (Å²) in [6.07, 6.45) is 0. The van der Waals surface area contributed by atoms with Crippen LogP contribution in [0.25, 0.3) is 0 Å². The van der Waals surface area contributed by atoms with Crippen molar-refractivity contribution in [2.75, 3.05) is 5.75 Å². The van der Waals surface area contributed by atoms with Crippen LogP contribution >= 0.6 is 11.8 Å². The maximum absolute atomic E-state index is 11.2. The third-order valence-electron chi connectivity index (χ3n) is 2.58. The summed E-state index contributed by atoms with van der Waals surface area (Å²) in [5.41, 5.74) is 8.10. The molecule has 1 aromatic rings. The molecule has 16 heavy (non-hydrogen) atoms. The number of benzene rings is 1. The summed E-state index contributed by atoms with van der Waals surface area (Å²) in [7, 11) is 0. The Hall–Kier alpha value is -1.42. The summed E-state index contributed by atoms with van der Waals surface area (Å²) in [5, 5.41) is 3.26. The van der Waals surface area contributed by atoms with Crippen LogP contribution in [-0.4, -0.2) is 10.9 Å². The van der Waals surface area contributed by atoms with Crippen molar-refractivity contribution in [1.82, 2.24) is 5.32 Å². The van der Waals surface area contributed by atoms with Gasteiger partial charge in [-0.1, -0.05) is 42.1 Å². The summed E-state index contributed by atoms with van der Waals surface area (Å²) >= 11 is 1.25. The Bertz CT molecular complexity index is 428. The summed E-state index contributed by atoms with van der Waals surface area (Å²) in [5.74, 6) is 0.655. The van der Waals surface area contributed by atoms with Crippen molar-refractivity contribution in [3.8, 4) is 0 Å². The average Bonchev–Trinajstić information content (AvgIpc) is 2.62. The van der Waals surface area contributed by atoms with Crippen LogP contribution in [0.4, 0.5) is 0 Å². The van der Waals surface area contributed by atoms with E-state index in [-0.39, 0.29) is 11.2 Å². The molecule has 0 amide bonds. The number of carbonyl (C=O) groups is 1. The summed E-state index contributed by atoms with van der Waals surface area (Å²) in [6, 6.07) is 10.3. The van der Waals surface area contributed by atoms with Gasteiger partial charge in [-0.3, -0.25) is 4.79 Å². The molecule has 2 rings (SSSR count). The molecule has 0 spiro atoms. The van der Waals surface area contributed by atoms with E-state index in [2.05, 4.69) is 24.4 Å². The molecule has 1 aliphatic heterocycles. The molecule has 1 atom stereocenters. The quantitative estimate of drug-likeness (QED) is 0.837. The number of rotatable bonds is 3. The Labute approximate surface area is 99.1 Å². The van der Waals surface area contributed by atoms with Gasteiger partial charge in [0, 0.05) is 17.5 Å². The van der Waals surface area contributed by atoms with Gasteiger partial charge in [-0.25, -0.2) is 0 Å². The highest BCUT2D eigenvalue weighted by molar-refractivity contribution is 8.14. The Morgan fingerprint density at radius 2 is 2.06 bits per heavy atom. The minimum atomic E-state index is -0.0252.